The maximum absolute atomic E-state index is 11.3. The summed E-state index contributed by atoms with van der Waals surface area (Å²) in [7, 11) is 0. The molecule has 0 spiro atoms. The van der Waals surface area contributed by atoms with Crippen molar-refractivity contribution in [3.63, 3.8) is 0 Å². The van der Waals surface area contributed by atoms with Crippen LogP contribution in [0, 0.1) is 6.92 Å². The maximum atomic E-state index is 11.3. The minimum Gasteiger partial charge on any atom is -0.398 e. The van der Waals surface area contributed by atoms with Crippen molar-refractivity contribution >= 4 is 5.69 Å². The molecule has 5 nitrogen and oxygen atoms in total. The Morgan fingerprint density at radius 3 is 2.93 bits per heavy atom. The second-order valence-corrected chi connectivity index (χ2v) is 3.02. The van der Waals surface area contributed by atoms with Crippen molar-refractivity contribution in [2.75, 3.05) is 5.73 Å². The Balaban J connectivity index is 2.69. The van der Waals surface area contributed by atoms with Crippen LogP contribution in [0.3, 0.4) is 0 Å². The summed E-state index contributed by atoms with van der Waals surface area (Å²) in [6.07, 6.45) is 1.43. The van der Waals surface area contributed by atoms with Crippen LogP contribution in [-0.2, 0) is 0 Å². The Kier molecular flexibility index (Phi) is 1.85. The van der Waals surface area contributed by atoms with E-state index in [-0.39, 0.29) is 5.69 Å². The van der Waals surface area contributed by atoms with Crippen molar-refractivity contribution in [1.82, 2.24) is 14.8 Å². The van der Waals surface area contributed by atoms with E-state index in [1.165, 1.54) is 10.9 Å². The lowest BCUT2D eigenvalue weighted by atomic mass is 10.1. The number of aromatic amines is 1. The van der Waals surface area contributed by atoms with Gasteiger partial charge in [0.1, 0.15) is 6.33 Å². The first-order chi connectivity index (χ1) is 6.70. The Labute approximate surface area is 80.2 Å². The van der Waals surface area contributed by atoms with E-state index in [0.717, 1.165) is 11.3 Å². The standard InChI is InChI=1S/C9H10N4O/c1-6-7(10)3-2-4-8(6)13-5-11-12-9(13)14/h2-5H,10H2,1H3,(H,12,14). The highest BCUT2D eigenvalue weighted by Gasteiger charge is 2.05. The van der Waals surface area contributed by atoms with Crippen LogP contribution in [0.25, 0.3) is 5.69 Å². The van der Waals surface area contributed by atoms with Gasteiger partial charge in [-0.25, -0.2) is 14.5 Å². The van der Waals surface area contributed by atoms with E-state index in [1.807, 2.05) is 13.0 Å². The molecule has 0 aliphatic rings. The minimum atomic E-state index is -0.265. The van der Waals surface area contributed by atoms with Gasteiger partial charge < -0.3 is 5.73 Å². The van der Waals surface area contributed by atoms with Crippen LogP contribution in [0.4, 0.5) is 5.69 Å². The van der Waals surface area contributed by atoms with Gasteiger partial charge in [-0.2, -0.15) is 5.10 Å². The molecule has 0 aliphatic heterocycles. The average molecular weight is 190 g/mol. The first kappa shape index (κ1) is 8.55. The summed E-state index contributed by atoms with van der Waals surface area (Å²) < 4.78 is 1.42. The van der Waals surface area contributed by atoms with Crippen LogP contribution in [0.5, 0.6) is 0 Å². The Morgan fingerprint density at radius 1 is 1.50 bits per heavy atom. The minimum absolute atomic E-state index is 0.265. The molecule has 1 heterocycles. The fourth-order valence-corrected chi connectivity index (χ4v) is 1.32. The number of nitrogens with two attached hydrogens (primary N) is 1. The number of hydrogen-bond donors (Lipinski definition) is 2. The molecule has 14 heavy (non-hydrogen) atoms. The molecule has 72 valence electrons. The molecule has 5 heteroatoms. The molecule has 0 fully saturated rings. The largest absolute Gasteiger partial charge is 0.398 e. The van der Waals surface area contributed by atoms with Gasteiger partial charge in [0.05, 0.1) is 5.69 Å². The summed E-state index contributed by atoms with van der Waals surface area (Å²) in [5.41, 5.74) is 7.75. The SMILES string of the molecule is Cc1c(N)cccc1-n1cn[nH]c1=O. The van der Waals surface area contributed by atoms with Gasteiger partial charge in [0, 0.05) is 5.69 Å². The number of nitrogens with zero attached hydrogens (tertiary/aromatic N) is 2. The van der Waals surface area contributed by atoms with Gasteiger partial charge in [-0.1, -0.05) is 6.07 Å². The summed E-state index contributed by atoms with van der Waals surface area (Å²) in [4.78, 5) is 11.3. The fourth-order valence-electron chi connectivity index (χ4n) is 1.32. The van der Waals surface area contributed by atoms with E-state index < -0.39 is 0 Å². The van der Waals surface area contributed by atoms with Gasteiger partial charge in [-0.05, 0) is 24.6 Å². The first-order valence-corrected chi connectivity index (χ1v) is 4.17. The zero-order chi connectivity index (χ0) is 10.1. The normalized spacial score (nSPS) is 10.4. The fraction of sp³-hybridized carbons (Fsp3) is 0.111. The molecule has 0 amide bonds. The lowest BCUT2D eigenvalue weighted by Crippen LogP contribution is -2.15. The molecule has 2 aromatic rings. The summed E-state index contributed by atoms with van der Waals surface area (Å²) in [6, 6.07) is 5.42. The predicted octanol–water partition coefficient (Wildman–Crippen LogP) is 0.451. The number of H-pyrrole nitrogens is 1. The van der Waals surface area contributed by atoms with Crippen LogP contribution in [0.1, 0.15) is 5.56 Å². The van der Waals surface area contributed by atoms with Crippen molar-refractivity contribution in [2.24, 2.45) is 0 Å². The van der Waals surface area contributed by atoms with E-state index in [9.17, 15) is 4.79 Å². The summed E-state index contributed by atoms with van der Waals surface area (Å²) >= 11 is 0. The van der Waals surface area contributed by atoms with Crippen molar-refractivity contribution < 1.29 is 0 Å². The van der Waals surface area contributed by atoms with Crippen molar-refractivity contribution in [3.05, 3.63) is 40.6 Å². The molecule has 0 atom stereocenters. The van der Waals surface area contributed by atoms with Crippen molar-refractivity contribution in [3.8, 4) is 5.69 Å². The second-order valence-electron chi connectivity index (χ2n) is 3.02. The molecule has 0 radical (unpaired) electrons. The third-order valence-corrected chi connectivity index (χ3v) is 2.16. The number of rotatable bonds is 1. The molecule has 3 N–H and O–H groups in total. The molecule has 0 saturated heterocycles. The number of nitrogens with one attached hydrogen (secondary N) is 1. The number of nitrogen functional groups attached to an aromatic ring is 1. The second kappa shape index (κ2) is 3.02. The molecule has 0 saturated carbocycles. The van der Waals surface area contributed by atoms with Gasteiger partial charge >= 0.3 is 5.69 Å². The summed E-state index contributed by atoms with van der Waals surface area (Å²) in [5, 5.41) is 5.98. The zero-order valence-electron chi connectivity index (χ0n) is 7.69. The Morgan fingerprint density at radius 2 is 2.29 bits per heavy atom. The first-order valence-electron chi connectivity index (χ1n) is 4.17. The highest BCUT2D eigenvalue weighted by Crippen LogP contribution is 2.17. The van der Waals surface area contributed by atoms with Crippen LogP contribution in [0.2, 0.25) is 0 Å². The predicted molar refractivity (Wildman–Crippen MR) is 53.3 cm³/mol. The summed E-state index contributed by atoms with van der Waals surface area (Å²) in [6.45, 7) is 1.87. The van der Waals surface area contributed by atoms with Gasteiger partial charge in [0.15, 0.2) is 0 Å². The molecule has 1 aromatic heterocycles. The maximum Gasteiger partial charge on any atom is 0.347 e. The highest BCUT2D eigenvalue weighted by molar-refractivity contribution is 5.56. The smallest absolute Gasteiger partial charge is 0.347 e. The average Bonchev–Trinajstić information content (AvgIpc) is 2.57. The third kappa shape index (κ3) is 1.19. The quantitative estimate of drug-likeness (QED) is 0.641. The lowest BCUT2D eigenvalue weighted by Gasteiger charge is -2.06. The van der Waals surface area contributed by atoms with Crippen LogP contribution < -0.4 is 11.4 Å². The molecular weight excluding hydrogens is 180 g/mol. The van der Waals surface area contributed by atoms with E-state index in [2.05, 4.69) is 10.2 Å². The third-order valence-electron chi connectivity index (χ3n) is 2.16. The topological polar surface area (TPSA) is 76.7 Å². The van der Waals surface area contributed by atoms with E-state index in [1.54, 1.807) is 12.1 Å². The van der Waals surface area contributed by atoms with E-state index in [4.69, 9.17) is 5.73 Å². The molecule has 1 aromatic carbocycles. The molecular formula is C9H10N4O. The van der Waals surface area contributed by atoms with Gasteiger partial charge in [0.25, 0.3) is 0 Å². The Bertz CT molecular complexity index is 512. The van der Waals surface area contributed by atoms with Crippen molar-refractivity contribution in [1.29, 1.82) is 0 Å². The van der Waals surface area contributed by atoms with Gasteiger partial charge in [0.2, 0.25) is 0 Å². The lowest BCUT2D eigenvalue weighted by molar-refractivity contribution is 0.973. The highest BCUT2D eigenvalue weighted by atomic mass is 16.1. The van der Waals surface area contributed by atoms with Gasteiger partial charge in [-0.3, -0.25) is 0 Å². The monoisotopic (exact) mass is 190 g/mol. The molecule has 0 bridgehead atoms. The number of anilines is 1. The zero-order valence-corrected chi connectivity index (χ0v) is 7.69. The number of hydrogen-bond acceptors (Lipinski definition) is 3. The van der Waals surface area contributed by atoms with Gasteiger partial charge in [-0.15, -0.1) is 0 Å². The van der Waals surface area contributed by atoms with Crippen LogP contribution >= 0.6 is 0 Å². The molecule has 0 aliphatic carbocycles. The molecule has 0 unspecified atom stereocenters. The van der Waals surface area contributed by atoms with Crippen molar-refractivity contribution in [2.45, 2.75) is 6.92 Å². The van der Waals surface area contributed by atoms with Crippen LogP contribution in [-0.4, -0.2) is 14.8 Å². The van der Waals surface area contributed by atoms with Crippen LogP contribution in [0.15, 0.2) is 29.3 Å². The van der Waals surface area contributed by atoms with E-state index in [0.29, 0.717) is 5.69 Å². The number of aromatic nitrogens is 3. The summed E-state index contributed by atoms with van der Waals surface area (Å²) in [5.74, 6) is 0. The Hall–Kier alpha value is -2.04. The van der Waals surface area contributed by atoms with E-state index >= 15 is 0 Å². The number of benzene rings is 1. The molecule has 2 rings (SSSR count).